The maximum atomic E-state index is 2.23. The van der Waals surface area contributed by atoms with E-state index in [4.69, 9.17) is 0 Å². The summed E-state index contributed by atoms with van der Waals surface area (Å²) in [7, 11) is 2.12. The zero-order valence-electron chi connectivity index (χ0n) is 13.6. The zero-order valence-corrected chi connectivity index (χ0v) is 13.6. The summed E-state index contributed by atoms with van der Waals surface area (Å²) in [4.78, 5) is 2.23. The summed E-state index contributed by atoms with van der Waals surface area (Å²) >= 11 is 0. The van der Waals surface area contributed by atoms with Crippen LogP contribution in [0.2, 0.25) is 0 Å². The number of anilines is 2. The van der Waals surface area contributed by atoms with Gasteiger partial charge in [-0.1, -0.05) is 78.4 Å². The highest BCUT2D eigenvalue weighted by Gasteiger charge is 2.05. The summed E-state index contributed by atoms with van der Waals surface area (Å²) in [5, 5.41) is 2.47. The van der Waals surface area contributed by atoms with Crippen LogP contribution in [0.1, 0.15) is 5.56 Å². The van der Waals surface area contributed by atoms with Gasteiger partial charge in [-0.2, -0.15) is 0 Å². The predicted molar refractivity (Wildman–Crippen MR) is 101 cm³/mol. The number of para-hydroxylation sites is 1. The van der Waals surface area contributed by atoms with Crippen molar-refractivity contribution in [1.82, 2.24) is 0 Å². The summed E-state index contributed by atoms with van der Waals surface area (Å²) in [6.07, 6.45) is 0. The Balaban J connectivity index is 2.31. The lowest BCUT2D eigenvalue weighted by molar-refractivity contribution is 1.22. The molecule has 3 aromatic carbocycles. The Hall–Kier alpha value is -2.80. The molecule has 0 saturated heterocycles. The molecule has 0 aliphatic heterocycles. The van der Waals surface area contributed by atoms with E-state index in [9.17, 15) is 0 Å². The molecule has 0 aliphatic rings. The van der Waals surface area contributed by atoms with Gasteiger partial charge in [0.05, 0.1) is 0 Å². The first-order chi connectivity index (χ1) is 11.3. The van der Waals surface area contributed by atoms with Crippen molar-refractivity contribution in [2.75, 3.05) is 11.9 Å². The average molecular weight is 299 g/mol. The summed E-state index contributed by atoms with van der Waals surface area (Å²) in [6.45, 7) is 2.13. The second-order valence-corrected chi connectivity index (χ2v) is 5.67. The number of fused-ring (bicyclic) bond motifs is 1. The van der Waals surface area contributed by atoms with Crippen molar-refractivity contribution >= 4 is 22.1 Å². The van der Waals surface area contributed by atoms with E-state index < -0.39 is 0 Å². The molecule has 114 valence electrons. The molecular formula is C22H21N. The highest BCUT2D eigenvalue weighted by atomic mass is 15.1. The molecule has 0 unspecified atom stereocenters. The van der Waals surface area contributed by atoms with Crippen molar-refractivity contribution in [2.45, 2.75) is 6.92 Å². The van der Waals surface area contributed by atoms with E-state index in [1.165, 1.54) is 27.7 Å². The quantitative estimate of drug-likeness (QED) is 0.557. The monoisotopic (exact) mass is 299 g/mol. The van der Waals surface area contributed by atoms with Gasteiger partial charge in [0.25, 0.3) is 0 Å². The standard InChI is InChI=1S/C22H21N/c1-18-11-5-3-8-16-22(21-15-10-9-12-19(21)17-18)23(2)20-13-6-4-7-14-20/h3-17H,1-2H3. The Morgan fingerprint density at radius 1 is 0.652 bits per heavy atom. The van der Waals surface area contributed by atoms with Gasteiger partial charge in [0.1, 0.15) is 0 Å². The van der Waals surface area contributed by atoms with Crippen LogP contribution < -0.4 is 4.90 Å². The maximum absolute atomic E-state index is 2.23. The molecule has 0 atom stereocenters. The van der Waals surface area contributed by atoms with Gasteiger partial charge in [-0.3, -0.25) is 0 Å². The van der Waals surface area contributed by atoms with Crippen LogP contribution >= 0.6 is 0 Å². The zero-order chi connectivity index (χ0) is 16.1. The number of hydrogen-bond donors (Lipinski definition) is 0. The van der Waals surface area contributed by atoms with E-state index in [0.29, 0.717) is 0 Å². The molecule has 1 heteroatoms. The Morgan fingerprint density at radius 2 is 1.26 bits per heavy atom. The Kier molecular flexibility index (Phi) is 4.58. The Labute approximate surface area is 138 Å². The lowest BCUT2D eigenvalue weighted by Crippen LogP contribution is -2.09. The highest BCUT2D eigenvalue weighted by molar-refractivity contribution is 5.94. The summed E-state index contributed by atoms with van der Waals surface area (Å²) < 4.78 is 0. The SMILES string of the molecule is Cc1cccccc(N(C)c2ccccc2)c2ccccc2c1. The third-order valence-electron chi connectivity index (χ3n) is 3.96. The van der Waals surface area contributed by atoms with Crippen LogP contribution in [0.3, 0.4) is 0 Å². The lowest BCUT2D eigenvalue weighted by atomic mass is 10.1. The molecule has 0 aliphatic carbocycles. The summed E-state index contributed by atoms with van der Waals surface area (Å²) in [6, 6.07) is 31.8. The molecule has 0 heterocycles. The first-order valence-corrected chi connectivity index (χ1v) is 7.87. The van der Waals surface area contributed by atoms with E-state index >= 15 is 0 Å². The third kappa shape index (κ3) is 3.51. The minimum atomic E-state index is 1.18. The Bertz CT molecular complexity index is 851. The van der Waals surface area contributed by atoms with E-state index in [0.717, 1.165) is 0 Å². The molecule has 0 fully saturated rings. The fourth-order valence-electron chi connectivity index (χ4n) is 2.74. The maximum Gasteiger partial charge on any atom is 0.0487 e. The smallest absolute Gasteiger partial charge is 0.0487 e. The number of aryl methyl sites for hydroxylation is 1. The first-order valence-electron chi connectivity index (χ1n) is 7.87. The van der Waals surface area contributed by atoms with E-state index in [-0.39, 0.29) is 0 Å². The van der Waals surface area contributed by atoms with Crippen LogP contribution in [0.4, 0.5) is 11.4 Å². The number of rotatable bonds is 2. The van der Waals surface area contributed by atoms with Crippen LogP contribution in [0, 0.1) is 6.92 Å². The van der Waals surface area contributed by atoms with Crippen molar-refractivity contribution in [3.63, 3.8) is 0 Å². The van der Waals surface area contributed by atoms with Gasteiger partial charge in [-0.05, 0) is 30.5 Å². The molecule has 0 N–H and O–H groups in total. The van der Waals surface area contributed by atoms with E-state index in [1.54, 1.807) is 0 Å². The van der Waals surface area contributed by atoms with Crippen LogP contribution in [-0.2, 0) is 0 Å². The van der Waals surface area contributed by atoms with Crippen molar-refractivity contribution in [1.29, 1.82) is 0 Å². The molecular weight excluding hydrogens is 278 g/mol. The molecule has 1 nitrogen and oxygen atoms in total. The van der Waals surface area contributed by atoms with E-state index in [2.05, 4.69) is 104 Å². The molecule has 23 heavy (non-hydrogen) atoms. The van der Waals surface area contributed by atoms with Crippen LogP contribution in [0.15, 0.2) is 91.0 Å². The largest absolute Gasteiger partial charge is 0.344 e. The number of benzene rings is 2. The van der Waals surface area contributed by atoms with Gasteiger partial charge in [-0.15, -0.1) is 0 Å². The van der Waals surface area contributed by atoms with Crippen LogP contribution in [-0.4, -0.2) is 7.05 Å². The minimum absolute atomic E-state index is 1.18. The molecule has 0 amide bonds. The van der Waals surface area contributed by atoms with Crippen molar-refractivity contribution in [3.05, 3.63) is 96.6 Å². The van der Waals surface area contributed by atoms with Crippen molar-refractivity contribution in [2.24, 2.45) is 0 Å². The Morgan fingerprint density at radius 3 is 2.04 bits per heavy atom. The van der Waals surface area contributed by atoms with E-state index in [1.807, 2.05) is 6.07 Å². The van der Waals surface area contributed by atoms with Crippen molar-refractivity contribution in [3.8, 4) is 0 Å². The molecule has 0 radical (unpaired) electrons. The lowest BCUT2D eigenvalue weighted by Gasteiger charge is -2.20. The number of hydrogen-bond acceptors (Lipinski definition) is 1. The second kappa shape index (κ2) is 6.97. The topological polar surface area (TPSA) is 3.24 Å². The average Bonchev–Trinajstić information content (AvgIpc) is 2.59. The number of nitrogens with zero attached hydrogens (tertiary/aromatic N) is 1. The molecule has 0 spiro atoms. The van der Waals surface area contributed by atoms with Crippen LogP contribution in [0.25, 0.3) is 10.8 Å². The van der Waals surface area contributed by atoms with Gasteiger partial charge < -0.3 is 4.90 Å². The minimum Gasteiger partial charge on any atom is -0.344 e. The summed E-state index contributed by atoms with van der Waals surface area (Å²) in [5.41, 5.74) is 3.60. The molecule has 0 saturated carbocycles. The fourth-order valence-corrected chi connectivity index (χ4v) is 2.74. The van der Waals surface area contributed by atoms with Gasteiger partial charge >= 0.3 is 0 Å². The van der Waals surface area contributed by atoms with Crippen LogP contribution in [0.5, 0.6) is 0 Å². The normalized spacial score (nSPS) is 10.2. The summed E-state index contributed by atoms with van der Waals surface area (Å²) in [5.74, 6) is 0. The van der Waals surface area contributed by atoms with Gasteiger partial charge in [0, 0.05) is 23.8 Å². The fraction of sp³-hybridized carbons (Fsp3) is 0.0909. The first kappa shape index (κ1) is 15.1. The van der Waals surface area contributed by atoms with Crippen molar-refractivity contribution < 1.29 is 0 Å². The highest BCUT2D eigenvalue weighted by Crippen LogP contribution is 2.29. The second-order valence-electron chi connectivity index (χ2n) is 5.67. The molecule has 0 aromatic heterocycles. The molecule has 3 aromatic rings. The van der Waals surface area contributed by atoms with Gasteiger partial charge in [0.2, 0.25) is 0 Å². The predicted octanol–water partition coefficient (Wildman–Crippen LogP) is 6.04. The van der Waals surface area contributed by atoms with Gasteiger partial charge in [-0.25, -0.2) is 0 Å². The van der Waals surface area contributed by atoms with Gasteiger partial charge in [0.15, 0.2) is 0 Å². The molecule has 0 bridgehead atoms. The third-order valence-corrected chi connectivity index (χ3v) is 3.96. The molecule has 3 rings (SSSR count).